The van der Waals surface area contributed by atoms with E-state index in [2.05, 4.69) is 149 Å². The first kappa shape index (κ1) is 24.5. The van der Waals surface area contributed by atoms with Gasteiger partial charge in [-0.05, 0) is 83.1 Å². The highest BCUT2D eigenvalue weighted by Gasteiger charge is 2.35. The molecule has 3 nitrogen and oxygen atoms in total. The molecule has 0 spiro atoms. The number of rotatable bonds is 5. The Hall–Kier alpha value is -5.06. The minimum atomic E-state index is -0.387. The second-order valence-corrected chi connectivity index (χ2v) is 11.9. The van der Waals surface area contributed by atoms with Crippen molar-refractivity contribution < 1.29 is 5.02 Å². The molecule has 0 radical (unpaired) electrons. The van der Waals surface area contributed by atoms with Gasteiger partial charge in [-0.25, -0.2) is 0 Å². The number of nitrogens with zero attached hydrogens (tertiary/aromatic N) is 2. The molecule has 43 heavy (non-hydrogen) atoms. The summed E-state index contributed by atoms with van der Waals surface area (Å²) in [7, 11) is 0. The molecule has 0 bridgehead atoms. The maximum Gasteiger partial charge on any atom is 0.327 e. The molecule has 4 heteroatoms. The van der Waals surface area contributed by atoms with Gasteiger partial charge in [0.1, 0.15) is 0 Å². The number of para-hydroxylation sites is 3. The molecule has 1 fully saturated rings. The van der Waals surface area contributed by atoms with Crippen LogP contribution in [0.1, 0.15) is 12.8 Å². The van der Waals surface area contributed by atoms with Gasteiger partial charge in [0, 0.05) is 32.9 Å². The van der Waals surface area contributed by atoms with Gasteiger partial charge in [0.05, 0.1) is 22.1 Å². The zero-order valence-corrected chi connectivity index (χ0v) is 23.7. The zero-order chi connectivity index (χ0) is 28.5. The van der Waals surface area contributed by atoms with Gasteiger partial charge in [-0.15, -0.1) is 0 Å². The normalized spacial score (nSPS) is 13.4. The average Bonchev–Trinajstić information content (AvgIpc) is 3.80. The lowest BCUT2D eigenvalue weighted by molar-refractivity contribution is 0.582. The molecular formula is C39H29BN2O. The van der Waals surface area contributed by atoms with Crippen LogP contribution in [0, 0.1) is 0 Å². The molecule has 0 unspecified atom stereocenters. The molecule has 1 aliphatic rings. The third-order valence-electron chi connectivity index (χ3n) is 9.23. The van der Waals surface area contributed by atoms with Crippen LogP contribution < -0.4 is 5.46 Å². The molecule has 1 aliphatic carbocycles. The van der Waals surface area contributed by atoms with Crippen molar-refractivity contribution in [1.82, 2.24) is 9.13 Å². The third-order valence-corrected chi connectivity index (χ3v) is 9.23. The topological polar surface area (TPSA) is 30.1 Å². The summed E-state index contributed by atoms with van der Waals surface area (Å²) in [4.78, 5) is 0. The molecule has 9 rings (SSSR count). The van der Waals surface area contributed by atoms with Crippen molar-refractivity contribution >= 4 is 56.0 Å². The van der Waals surface area contributed by atoms with E-state index in [9.17, 15) is 5.02 Å². The van der Waals surface area contributed by atoms with Crippen LogP contribution in [-0.2, 0) is 0 Å². The molecule has 8 aromatic rings. The SMILES string of the molecule is OB(c1cccc(-n2c3ccccc3c3cc(-c4ccc5c(c4)c4ccccc4n5-c4ccccc4)ccc32)c1)C1CC1. The number of fused-ring (bicyclic) bond motifs is 6. The van der Waals surface area contributed by atoms with Crippen LogP contribution in [0.25, 0.3) is 66.1 Å². The maximum absolute atomic E-state index is 10.9. The van der Waals surface area contributed by atoms with Crippen LogP contribution in [0.4, 0.5) is 0 Å². The van der Waals surface area contributed by atoms with Crippen molar-refractivity contribution in [3.63, 3.8) is 0 Å². The molecule has 6 aromatic carbocycles. The van der Waals surface area contributed by atoms with E-state index >= 15 is 0 Å². The van der Waals surface area contributed by atoms with Gasteiger partial charge in [-0.1, -0.05) is 91.7 Å². The summed E-state index contributed by atoms with van der Waals surface area (Å²) in [6, 6.07) is 50.1. The lowest BCUT2D eigenvalue weighted by Gasteiger charge is -2.12. The maximum atomic E-state index is 10.9. The number of hydrogen-bond acceptors (Lipinski definition) is 1. The van der Waals surface area contributed by atoms with E-state index in [0.29, 0.717) is 5.82 Å². The number of aromatic nitrogens is 2. The van der Waals surface area contributed by atoms with Gasteiger partial charge in [0.2, 0.25) is 0 Å². The Morgan fingerprint density at radius 3 is 1.58 bits per heavy atom. The van der Waals surface area contributed by atoms with E-state index in [4.69, 9.17) is 0 Å². The van der Waals surface area contributed by atoms with E-state index in [-0.39, 0.29) is 6.92 Å². The fraction of sp³-hybridized carbons (Fsp3) is 0.0769. The Kier molecular flexibility index (Phi) is 5.41. The fourth-order valence-electron chi connectivity index (χ4n) is 6.97. The summed E-state index contributed by atoms with van der Waals surface area (Å²) in [5.74, 6) is 0.398. The lowest BCUT2D eigenvalue weighted by atomic mass is 9.57. The van der Waals surface area contributed by atoms with Crippen molar-refractivity contribution in [3.8, 4) is 22.5 Å². The molecule has 204 valence electrons. The Bertz CT molecular complexity index is 2330. The van der Waals surface area contributed by atoms with Gasteiger partial charge < -0.3 is 14.2 Å². The molecule has 2 aromatic heterocycles. The highest BCUT2D eigenvalue weighted by Crippen LogP contribution is 2.39. The predicted octanol–water partition coefficient (Wildman–Crippen LogP) is 8.90. The van der Waals surface area contributed by atoms with Crippen molar-refractivity contribution in [2.24, 2.45) is 0 Å². The third kappa shape index (κ3) is 3.87. The average molecular weight is 552 g/mol. The predicted molar refractivity (Wildman–Crippen MR) is 181 cm³/mol. The van der Waals surface area contributed by atoms with Crippen molar-refractivity contribution in [2.75, 3.05) is 0 Å². The Labute approximate surface area is 250 Å². The van der Waals surface area contributed by atoms with Gasteiger partial charge in [0.25, 0.3) is 0 Å². The summed E-state index contributed by atoms with van der Waals surface area (Å²) in [6.45, 7) is -0.387. The van der Waals surface area contributed by atoms with E-state index < -0.39 is 0 Å². The summed E-state index contributed by atoms with van der Waals surface area (Å²) in [5, 5.41) is 15.8. The smallest absolute Gasteiger partial charge is 0.327 e. The molecule has 1 saturated carbocycles. The minimum Gasteiger partial charge on any atom is -0.446 e. The Morgan fingerprint density at radius 2 is 0.977 bits per heavy atom. The first-order valence-electron chi connectivity index (χ1n) is 15.2. The number of benzene rings is 6. The Balaban J connectivity index is 1.22. The second-order valence-electron chi connectivity index (χ2n) is 11.9. The van der Waals surface area contributed by atoms with Crippen LogP contribution in [0.2, 0.25) is 5.82 Å². The van der Waals surface area contributed by atoms with Crippen molar-refractivity contribution in [2.45, 2.75) is 18.7 Å². The van der Waals surface area contributed by atoms with E-state index in [1.807, 2.05) is 0 Å². The Morgan fingerprint density at radius 1 is 0.465 bits per heavy atom. The molecule has 1 N–H and O–H groups in total. The molecule has 0 amide bonds. The minimum absolute atomic E-state index is 0.387. The fourth-order valence-corrected chi connectivity index (χ4v) is 6.97. The van der Waals surface area contributed by atoms with Crippen LogP contribution >= 0.6 is 0 Å². The van der Waals surface area contributed by atoms with Gasteiger partial charge in [0.15, 0.2) is 0 Å². The molecule has 2 heterocycles. The van der Waals surface area contributed by atoms with Gasteiger partial charge in [-0.2, -0.15) is 0 Å². The van der Waals surface area contributed by atoms with E-state index in [1.165, 1.54) is 60.4 Å². The monoisotopic (exact) mass is 552 g/mol. The van der Waals surface area contributed by atoms with Crippen LogP contribution in [0.15, 0.2) is 140 Å². The van der Waals surface area contributed by atoms with Crippen LogP contribution in [-0.4, -0.2) is 21.1 Å². The summed E-state index contributed by atoms with van der Waals surface area (Å²) in [6.07, 6.45) is 2.23. The molecular weight excluding hydrogens is 523 g/mol. The van der Waals surface area contributed by atoms with E-state index in [1.54, 1.807) is 0 Å². The highest BCUT2D eigenvalue weighted by atomic mass is 16.2. The first-order chi connectivity index (χ1) is 21.2. The van der Waals surface area contributed by atoms with Crippen molar-refractivity contribution in [3.05, 3.63) is 140 Å². The second kappa shape index (κ2) is 9.48. The lowest BCUT2D eigenvalue weighted by Crippen LogP contribution is -2.30. The standard InChI is InChI=1S/C39H29BN2O/c43-40(28-19-20-28)29-9-8-12-31(25-29)42-37-16-7-5-14-33(37)35-24-27(18-22-39(35)42)26-17-21-38-34(23-26)32-13-4-6-15-36(32)41(38)30-10-2-1-3-11-30/h1-18,21-25,28,43H,19-20H2. The molecule has 0 atom stereocenters. The summed E-state index contributed by atoms with van der Waals surface area (Å²) >= 11 is 0. The first-order valence-corrected chi connectivity index (χ1v) is 15.2. The molecule has 0 saturated heterocycles. The van der Waals surface area contributed by atoms with Gasteiger partial charge in [-0.3, -0.25) is 0 Å². The van der Waals surface area contributed by atoms with Gasteiger partial charge >= 0.3 is 6.92 Å². The van der Waals surface area contributed by atoms with Crippen LogP contribution in [0.3, 0.4) is 0 Å². The quantitative estimate of drug-likeness (QED) is 0.212. The zero-order valence-electron chi connectivity index (χ0n) is 23.7. The summed E-state index contributed by atoms with van der Waals surface area (Å²) in [5.41, 5.74) is 10.4. The van der Waals surface area contributed by atoms with Crippen LogP contribution in [0.5, 0.6) is 0 Å². The number of hydrogen-bond donors (Lipinski definition) is 1. The van der Waals surface area contributed by atoms with Crippen molar-refractivity contribution in [1.29, 1.82) is 0 Å². The molecule has 0 aliphatic heterocycles. The largest absolute Gasteiger partial charge is 0.446 e. The summed E-state index contributed by atoms with van der Waals surface area (Å²) < 4.78 is 4.70. The highest BCUT2D eigenvalue weighted by molar-refractivity contribution is 6.68. The van der Waals surface area contributed by atoms with E-state index in [0.717, 1.165) is 24.0 Å².